The molecule has 0 aromatic rings. The van der Waals surface area contributed by atoms with Crippen molar-refractivity contribution in [2.45, 2.75) is 51.2 Å². The quantitative estimate of drug-likeness (QED) is 0.769. The van der Waals surface area contributed by atoms with E-state index in [1.165, 1.54) is 16.5 Å². The van der Waals surface area contributed by atoms with Crippen LogP contribution in [0, 0.1) is 17.3 Å². The minimum absolute atomic E-state index is 0.0366. The maximum atomic E-state index is 10.3. The van der Waals surface area contributed by atoms with E-state index in [1.807, 2.05) is 5.06 Å². The number of aliphatic hydroxyl groups excluding tert-OH is 1. The Morgan fingerprint density at radius 1 is 1.45 bits per heavy atom. The molecular weight excluding hydrogens is 346 g/mol. The molecule has 1 fully saturated rings. The van der Waals surface area contributed by atoms with Gasteiger partial charge in [0.25, 0.3) is 0 Å². The molecule has 4 aliphatic rings. The van der Waals surface area contributed by atoms with Crippen molar-refractivity contribution in [3.8, 4) is 0 Å². The van der Waals surface area contributed by atoms with E-state index in [9.17, 15) is 5.11 Å². The fraction of sp³-hybridized carbons (Fsp3) is 0.765. The predicted molar refractivity (Wildman–Crippen MR) is 86.8 cm³/mol. The van der Waals surface area contributed by atoms with Gasteiger partial charge < -0.3 is 9.84 Å². The highest BCUT2D eigenvalue weighted by molar-refractivity contribution is 9.11. The number of ether oxygens (including phenoxy) is 1. The molecule has 2 aliphatic carbocycles. The van der Waals surface area contributed by atoms with E-state index in [1.54, 1.807) is 7.11 Å². The van der Waals surface area contributed by atoms with Crippen LogP contribution in [0.3, 0.4) is 0 Å². The van der Waals surface area contributed by atoms with Gasteiger partial charge in [-0.25, -0.2) is 0 Å². The second-order valence-corrected chi connectivity index (χ2v) is 8.21. The van der Waals surface area contributed by atoms with Crippen LogP contribution in [0.5, 0.6) is 0 Å². The van der Waals surface area contributed by atoms with Crippen LogP contribution in [-0.4, -0.2) is 36.0 Å². The van der Waals surface area contributed by atoms with Gasteiger partial charge in [0, 0.05) is 23.0 Å². The first-order valence-electron chi connectivity index (χ1n) is 8.31. The van der Waals surface area contributed by atoms with Gasteiger partial charge in [-0.3, -0.25) is 9.90 Å². The minimum Gasteiger partial charge on any atom is -0.493 e. The van der Waals surface area contributed by atoms with Crippen molar-refractivity contribution in [2.24, 2.45) is 17.3 Å². The van der Waals surface area contributed by atoms with Gasteiger partial charge in [0.1, 0.15) is 6.10 Å². The minimum atomic E-state index is -0.297. The zero-order valence-corrected chi connectivity index (χ0v) is 14.8. The molecule has 2 aliphatic heterocycles. The van der Waals surface area contributed by atoms with E-state index in [0.717, 1.165) is 31.6 Å². The van der Waals surface area contributed by atoms with Crippen LogP contribution >= 0.6 is 15.9 Å². The second-order valence-electron chi connectivity index (χ2n) is 7.35. The molecule has 0 aromatic carbocycles. The van der Waals surface area contributed by atoms with Gasteiger partial charge in [-0.2, -0.15) is 0 Å². The molecule has 1 spiro atoms. The maximum absolute atomic E-state index is 10.3. The summed E-state index contributed by atoms with van der Waals surface area (Å²) in [4.78, 5) is 5.52. The van der Waals surface area contributed by atoms with Crippen LogP contribution in [0.15, 0.2) is 22.0 Å². The van der Waals surface area contributed by atoms with Crippen molar-refractivity contribution in [1.29, 1.82) is 0 Å². The summed E-state index contributed by atoms with van der Waals surface area (Å²) in [6.07, 6.45) is 6.91. The van der Waals surface area contributed by atoms with Gasteiger partial charge in [-0.1, -0.05) is 22.9 Å². The van der Waals surface area contributed by atoms with Crippen molar-refractivity contribution in [1.82, 2.24) is 5.06 Å². The SMILES string of the molecule is CON1C=C(Br)C23CC(C)CCC2OC2=C3C(CC(O)C2)C1. The number of rotatable bonds is 1. The third-order valence-corrected chi connectivity index (χ3v) is 6.82. The molecule has 0 aromatic heterocycles. The standard InChI is InChI=1S/C17H24BrNO3/c1-10-3-4-15-17(7-10)14(18)9-19(21-2)8-11-5-12(20)6-13(22-15)16(11)17/h9-12,15,20H,3-8H2,1-2H3. The number of nitrogens with zero attached hydrogens (tertiary/aromatic N) is 1. The number of hydroxylamine groups is 2. The van der Waals surface area contributed by atoms with Crippen molar-refractivity contribution in [3.05, 3.63) is 22.0 Å². The molecule has 0 amide bonds. The molecule has 0 saturated heterocycles. The summed E-state index contributed by atoms with van der Waals surface area (Å²) < 4.78 is 7.56. The fourth-order valence-electron chi connectivity index (χ4n) is 5.07. The molecule has 22 heavy (non-hydrogen) atoms. The molecule has 0 radical (unpaired) electrons. The molecule has 1 saturated carbocycles. The van der Waals surface area contributed by atoms with Crippen LogP contribution in [0.1, 0.15) is 39.0 Å². The Labute approximate surface area is 140 Å². The van der Waals surface area contributed by atoms with Crippen LogP contribution in [0.4, 0.5) is 0 Å². The molecule has 5 atom stereocenters. The first-order valence-corrected chi connectivity index (χ1v) is 9.10. The lowest BCUT2D eigenvalue weighted by molar-refractivity contribution is -0.0968. The van der Waals surface area contributed by atoms with Gasteiger partial charge in [-0.05, 0) is 37.2 Å². The maximum Gasteiger partial charge on any atom is 0.112 e. The van der Waals surface area contributed by atoms with E-state index in [0.29, 0.717) is 18.3 Å². The van der Waals surface area contributed by atoms with Crippen molar-refractivity contribution in [3.63, 3.8) is 0 Å². The summed E-state index contributed by atoms with van der Waals surface area (Å²) in [6.45, 7) is 3.13. The van der Waals surface area contributed by atoms with Crippen molar-refractivity contribution >= 4 is 15.9 Å². The molecule has 5 heteroatoms. The summed E-state index contributed by atoms with van der Waals surface area (Å²) in [5, 5.41) is 12.2. The third-order valence-electron chi connectivity index (χ3n) is 5.91. The highest BCUT2D eigenvalue weighted by Crippen LogP contribution is 2.63. The Bertz CT molecular complexity index is 546. The second kappa shape index (κ2) is 5.25. The summed E-state index contributed by atoms with van der Waals surface area (Å²) in [5.41, 5.74) is 1.41. The Kier molecular flexibility index (Phi) is 3.59. The average molecular weight is 370 g/mol. The Hall–Kier alpha value is -0.520. The first-order chi connectivity index (χ1) is 10.5. The smallest absolute Gasteiger partial charge is 0.112 e. The summed E-state index contributed by atoms with van der Waals surface area (Å²) >= 11 is 3.87. The summed E-state index contributed by atoms with van der Waals surface area (Å²) in [6, 6.07) is 0. The van der Waals surface area contributed by atoms with Crippen LogP contribution in [0.25, 0.3) is 0 Å². The molecule has 4 rings (SSSR count). The molecule has 0 bridgehead atoms. The van der Waals surface area contributed by atoms with Gasteiger partial charge in [-0.15, -0.1) is 0 Å². The first kappa shape index (κ1) is 15.0. The monoisotopic (exact) mass is 369 g/mol. The Balaban J connectivity index is 1.87. The lowest BCUT2D eigenvalue weighted by Gasteiger charge is -2.43. The molecule has 5 unspecified atom stereocenters. The predicted octanol–water partition coefficient (Wildman–Crippen LogP) is 3.33. The van der Waals surface area contributed by atoms with E-state index in [4.69, 9.17) is 9.57 Å². The molecule has 1 N–H and O–H groups in total. The Morgan fingerprint density at radius 3 is 3.05 bits per heavy atom. The number of halogens is 1. The van der Waals surface area contributed by atoms with E-state index in [-0.39, 0.29) is 17.6 Å². The van der Waals surface area contributed by atoms with Crippen LogP contribution in [-0.2, 0) is 9.57 Å². The van der Waals surface area contributed by atoms with Gasteiger partial charge in [0.15, 0.2) is 0 Å². The van der Waals surface area contributed by atoms with Gasteiger partial charge in [0.2, 0.25) is 0 Å². The summed E-state index contributed by atoms with van der Waals surface area (Å²) in [7, 11) is 1.71. The van der Waals surface area contributed by atoms with Crippen LogP contribution in [0.2, 0.25) is 0 Å². The van der Waals surface area contributed by atoms with Crippen molar-refractivity contribution < 1.29 is 14.7 Å². The van der Waals surface area contributed by atoms with Crippen LogP contribution < -0.4 is 0 Å². The highest BCUT2D eigenvalue weighted by Gasteiger charge is 2.58. The zero-order chi connectivity index (χ0) is 15.5. The normalized spacial score (nSPS) is 44.0. The lowest BCUT2D eigenvalue weighted by atomic mass is 9.61. The fourth-order valence-corrected chi connectivity index (χ4v) is 5.93. The Morgan fingerprint density at radius 2 is 2.27 bits per heavy atom. The number of hydrogen-bond donors (Lipinski definition) is 1. The lowest BCUT2D eigenvalue weighted by Crippen LogP contribution is -2.42. The van der Waals surface area contributed by atoms with E-state index >= 15 is 0 Å². The number of aliphatic hydroxyl groups is 1. The third kappa shape index (κ3) is 2.01. The molecule has 122 valence electrons. The average Bonchev–Trinajstić information content (AvgIpc) is 2.74. The molecule has 2 heterocycles. The van der Waals surface area contributed by atoms with E-state index < -0.39 is 0 Å². The van der Waals surface area contributed by atoms with Crippen molar-refractivity contribution in [2.75, 3.05) is 13.7 Å². The van der Waals surface area contributed by atoms with Gasteiger partial charge >= 0.3 is 0 Å². The molecular formula is C17H24BrNO3. The largest absolute Gasteiger partial charge is 0.493 e. The molecule has 4 nitrogen and oxygen atoms in total. The summed E-state index contributed by atoms with van der Waals surface area (Å²) in [5.74, 6) is 2.06. The van der Waals surface area contributed by atoms with E-state index in [2.05, 4.69) is 29.1 Å². The highest BCUT2D eigenvalue weighted by atomic mass is 79.9. The number of hydrogen-bond acceptors (Lipinski definition) is 4. The topological polar surface area (TPSA) is 41.9 Å². The van der Waals surface area contributed by atoms with Gasteiger partial charge in [0.05, 0.1) is 30.9 Å². The zero-order valence-electron chi connectivity index (χ0n) is 13.2.